The lowest BCUT2D eigenvalue weighted by atomic mass is 10.1. The summed E-state index contributed by atoms with van der Waals surface area (Å²) in [5, 5.41) is 3.91. The molecular weight excluding hydrogens is 398 g/mol. The van der Waals surface area contributed by atoms with Crippen molar-refractivity contribution in [2.75, 3.05) is 6.54 Å². The quantitative estimate of drug-likeness (QED) is 0.700. The fraction of sp³-hybridized carbons (Fsp3) is 0.435. The minimum absolute atomic E-state index is 0.0163. The number of nitrogens with one attached hydrogen (secondary N) is 1. The number of nitrogens with zero attached hydrogens (tertiary/aromatic N) is 2. The normalized spacial score (nSPS) is 18.9. The SMILES string of the molecule is CCc1cccc2c(/C=C3\SC(=O)N(CC)C3=O)cn(CC(=O)NC3CCCC3)c12. The zero-order valence-corrected chi connectivity index (χ0v) is 18.3. The molecule has 6 nitrogen and oxygen atoms in total. The van der Waals surface area contributed by atoms with Gasteiger partial charge in [0, 0.05) is 29.7 Å². The van der Waals surface area contributed by atoms with E-state index in [1.807, 2.05) is 22.9 Å². The van der Waals surface area contributed by atoms with Crippen molar-refractivity contribution < 1.29 is 14.4 Å². The molecule has 2 fully saturated rings. The number of para-hydroxylation sites is 1. The molecule has 7 heteroatoms. The first-order chi connectivity index (χ1) is 14.5. The predicted molar refractivity (Wildman–Crippen MR) is 120 cm³/mol. The van der Waals surface area contributed by atoms with Gasteiger partial charge in [-0.05, 0) is 49.6 Å². The van der Waals surface area contributed by atoms with Crippen LogP contribution in [-0.4, -0.2) is 39.1 Å². The number of hydrogen-bond acceptors (Lipinski definition) is 4. The lowest BCUT2D eigenvalue weighted by Crippen LogP contribution is -2.35. The molecule has 3 amide bonds. The van der Waals surface area contributed by atoms with E-state index in [4.69, 9.17) is 0 Å². The van der Waals surface area contributed by atoms with Gasteiger partial charge in [-0.15, -0.1) is 0 Å². The summed E-state index contributed by atoms with van der Waals surface area (Å²) in [5.74, 6) is -0.235. The van der Waals surface area contributed by atoms with Crippen molar-refractivity contribution >= 4 is 45.8 Å². The number of amides is 3. The van der Waals surface area contributed by atoms with Crippen LogP contribution >= 0.6 is 11.8 Å². The second kappa shape index (κ2) is 8.68. The number of carbonyl (C=O) groups is 3. The van der Waals surface area contributed by atoms with E-state index in [9.17, 15) is 14.4 Å². The number of thioether (sulfide) groups is 1. The first-order valence-corrected chi connectivity index (χ1v) is 11.5. The van der Waals surface area contributed by atoms with Gasteiger partial charge in [-0.2, -0.15) is 0 Å². The molecule has 30 heavy (non-hydrogen) atoms. The van der Waals surface area contributed by atoms with Gasteiger partial charge in [0.2, 0.25) is 5.91 Å². The van der Waals surface area contributed by atoms with Crippen LogP contribution in [0.4, 0.5) is 4.79 Å². The molecule has 0 radical (unpaired) electrons. The third-order valence-electron chi connectivity index (χ3n) is 5.90. The van der Waals surface area contributed by atoms with Gasteiger partial charge in [-0.3, -0.25) is 19.3 Å². The van der Waals surface area contributed by atoms with Crippen LogP contribution in [0.1, 0.15) is 50.7 Å². The summed E-state index contributed by atoms with van der Waals surface area (Å²) in [4.78, 5) is 39.0. The highest BCUT2D eigenvalue weighted by Gasteiger charge is 2.34. The molecule has 1 aromatic heterocycles. The van der Waals surface area contributed by atoms with Crippen LogP contribution in [0.25, 0.3) is 17.0 Å². The second-order valence-corrected chi connectivity index (χ2v) is 8.85. The number of hydrogen-bond donors (Lipinski definition) is 1. The second-order valence-electron chi connectivity index (χ2n) is 7.85. The minimum atomic E-state index is -0.251. The summed E-state index contributed by atoms with van der Waals surface area (Å²) < 4.78 is 1.98. The first-order valence-electron chi connectivity index (χ1n) is 10.7. The van der Waals surface area contributed by atoms with Crippen molar-refractivity contribution in [3.8, 4) is 0 Å². The Morgan fingerprint density at radius 3 is 2.67 bits per heavy atom. The molecule has 0 unspecified atom stereocenters. The highest BCUT2D eigenvalue weighted by Crippen LogP contribution is 2.34. The van der Waals surface area contributed by atoms with Crippen LogP contribution in [0, 0.1) is 0 Å². The molecule has 1 saturated heterocycles. The molecule has 4 rings (SSSR count). The van der Waals surface area contributed by atoms with E-state index in [2.05, 4.69) is 18.3 Å². The smallest absolute Gasteiger partial charge is 0.293 e. The lowest BCUT2D eigenvalue weighted by Gasteiger charge is -2.13. The number of carbonyl (C=O) groups excluding carboxylic acids is 3. The molecule has 1 aromatic carbocycles. The van der Waals surface area contributed by atoms with Gasteiger partial charge < -0.3 is 9.88 Å². The van der Waals surface area contributed by atoms with Crippen LogP contribution in [-0.2, 0) is 22.6 Å². The van der Waals surface area contributed by atoms with Crippen LogP contribution in [0.2, 0.25) is 0 Å². The van der Waals surface area contributed by atoms with Crippen molar-refractivity contribution in [1.82, 2.24) is 14.8 Å². The molecule has 2 heterocycles. The van der Waals surface area contributed by atoms with Crippen LogP contribution in [0.15, 0.2) is 29.3 Å². The van der Waals surface area contributed by atoms with Gasteiger partial charge in [0.05, 0.1) is 10.4 Å². The zero-order chi connectivity index (χ0) is 21.3. The van der Waals surface area contributed by atoms with E-state index >= 15 is 0 Å². The molecule has 2 aromatic rings. The van der Waals surface area contributed by atoms with E-state index in [-0.39, 0.29) is 29.6 Å². The molecular formula is C23H27N3O3S. The fourth-order valence-electron chi connectivity index (χ4n) is 4.40. The largest absolute Gasteiger partial charge is 0.352 e. The van der Waals surface area contributed by atoms with Crippen molar-refractivity contribution in [2.45, 2.75) is 58.5 Å². The number of fused-ring (bicyclic) bond motifs is 1. The standard InChI is InChI=1S/C23H27N3O3S/c1-3-15-8-7-11-18-16(12-19-22(28)26(4-2)23(29)30-19)13-25(21(15)18)14-20(27)24-17-9-5-6-10-17/h7-8,11-13,17H,3-6,9-10,14H2,1-2H3,(H,24,27)/b19-12-. The Morgan fingerprint density at radius 2 is 2.00 bits per heavy atom. The number of aromatic nitrogens is 1. The number of aryl methyl sites for hydroxylation is 1. The van der Waals surface area contributed by atoms with Gasteiger partial charge in [0.25, 0.3) is 11.1 Å². The summed E-state index contributed by atoms with van der Waals surface area (Å²) in [5.41, 5.74) is 3.03. The maximum atomic E-state index is 12.7. The molecule has 1 aliphatic heterocycles. The molecule has 0 atom stereocenters. The lowest BCUT2D eigenvalue weighted by molar-refractivity contribution is -0.123. The zero-order valence-electron chi connectivity index (χ0n) is 17.4. The third kappa shape index (κ3) is 3.90. The summed E-state index contributed by atoms with van der Waals surface area (Å²) in [6, 6.07) is 6.36. The summed E-state index contributed by atoms with van der Waals surface area (Å²) >= 11 is 0.974. The molecule has 1 saturated carbocycles. The highest BCUT2D eigenvalue weighted by atomic mass is 32.2. The summed E-state index contributed by atoms with van der Waals surface area (Å²) in [6.07, 6.45) is 9.01. The Hall–Kier alpha value is -2.54. The summed E-state index contributed by atoms with van der Waals surface area (Å²) in [6.45, 7) is 4.50. The molecule has 1 aliphatic carbocycles. The Bertz CT molecular complexity index is 1030. The van der Waals surface area contributed by atoms with Crippen LogP contribution in [0.3, 0.4) is 0 Å². The van der Waals surface area contributed by atoms with Gasteiger partial charge in [-0.25, -0.2) is 0 Å². The van der Waals surface area contributed by atoms with Gasteiger partial charge in [0.1, 0.15) is 6.54 Å². The molecule has 158 valence electrons. The average Bonchev–Trinajstić information content (AvgIpc) is 3.42. The van der Waals surface area contributed by atoms with E-state index in [0.717, 1.165) is 53.1 Å². The Balaban J connectivity index is 1.69. The van der Waals surface area contributed by atoms with E-state index < -0.39 is 0 Å². The molecule has 0 bridgehead atoms. The maximum Gasteiger partial charge on any atom is 0.293 e. The topological polar surface area (TPSA) is 71.4 Å². The number of rotatable bonds is 6. The Morgan fingerprint density at radius 1 is 1.23 bits per heavy atom. The Labute approximate surface area is 180 Å². The minimum Gasteiger partial charge on any atom is -0.352 e. The predicted octanol–water partition coefficient (Wildman–Crippen LogP) is 4.32. The van der Waals surface area contributed by atoms with Crippen LogP contribution < -0.4 is 5.32 Å². The molecule has 0 spiro atoms. The number of imide groups is 1. The van der Waals surface area contributed by atoms with Crippen molar-refractivity contribution in [2.24, 2.45) is 0 Å². The van der Waals surface area contributed by atoms with E-state index in [1.165, 1.54) is 17.7 Å². The number of likely N-dealkylation sites (N-methyl/N-ethyl adjacent to an activating group) is 1. The van der Waals surface area contributed by atoms with Crippen LogP contribution in [0.5, 0.6) is 0 Å². The first kappa shape index (κ1) is 20.7. The van der Waals surface area contributed by atoms with Gasteiger partial charge in [0.15, 0.2) is 0 Å². The van der Waals surface area contributed by atoms with Crippen molar-refractivity contribution in [3.63, 3.8) is 0 Å². The summed E-state index contributed by atoms with van der Waals surface area (Å²) in [7, 11) is 0. The monoisotopic (exact) mass is 425 g/mol. The van der Waals surface area contributed by atoms with Gasteiger partial charge >= 0.3 is 0 Å². The molecule has 2 aliphatic rings. The maximum absolute atomic E-state index is 12.7. The molecule has 1 N–H and O–H groups in total. The van der Waals surface area contributed by atoms with E-state index in [1.54, 1.807) is 13.0 Å². The fourth-order valence-corrected chi connectivity index (χ4v) is 5.30. The average molecular weight is 426 g/mol. The number of benzene rings is 1. The third-order valence-corrected chi connectivity index (χ3v) is 6.81. The van der Waals surface area contributed by atoms with Crippen molar-refractivity contribution in [3.05, 3.63) is 40.4 Å². The van der Waals surface area contributed by atoms with Gasteiger partial charge in [-0.1, -0.05) is 38.0 Å². The van der Waals surface area contributed by atoms with E-state index in [0.29, 0.717) is 11.4 Å². The highest BCUT2D eigenvalue weighted by molar-refractivity contribution is 8.18. The Kier molecular flexibility index (Phi) is 5.99. The van der Waals surface area contributed by atoms with Crippen molar-refractivity contribution in [1.29, 1.82) is 0 Å².